The third-order valence-corrected chi connectivity index (χ3v) is 0.769. The van der Waals surface area contributed by atoms with Gasteiger partial charge in [-0.1, -0.05) is 0 Å². The second kappa shape index (κ2) is 5.52. The topological polar surface area (TPSA) is 135 Å². The molecule has 0 aromatic rings. The van der Waals surface area contributed by atoms with Crippen LogP contribution in [-0.2, 0) is 0 Å². The fourth-order valence-electron chi connectivity index (χ4n) is 0.361. The van der Waals surface area contributed by atoms with Crippen LogP contribution < -0.4 is 22.3 Å². The molecule has 72 valence electrons. The number of nitrogens with one attached hydrogen (secondary N) is 2. The quantitative estimate of drug-likeness (QED) is 0.321. The molecule has 0 aliphatic rings. The van der Waals surface area contributed by atoms with Crippen molar-refractivity contribution in [3.8, 4) is 0 Å². The summed E-state index contributed by atoms with van der Waals surface area (Å²) in [5.74, 6) is 0. The Bertz CT molecular complexity index is 258. The van der Waals surface area contributed by atoms with Crippen LogP contribution in [0.1, 0.15) is 6.92 Å². The zero-order chi connectivity index (χ0) is 10.3. The number of hydrogen-bond acceptors (Lipinski definition) is 4. The molecular weight excluding hydrogens is 176 g/mol. The number of urea groups is 2. The first kappa shape index (κ1) is 10.9. The minimum absolute atomic E-state index is 0.354. The molecule has 6 N–H and O–H groups in total. The van der Waals surface area contributed by atoms with Gasteiger partial charge in [0.1, 0.15) is 0 Å². The van der Waals surface area contributed by atoms with Crippen LogP contribution in [0.15, 0.2) is 10.2 Å². The molecule has 0 atom stereocenters. The number of nitrogens with zero attached hydrogens (tertiary/aromatic N) is 2. The van der Waals surface area contributed by atoms with E-state index >= 15 is 0 Å². The van der Waals surface area contributed by atoms with Crippen LogP contribution >= 0.6 is 0 Å². The van der Waals surface area contributed by atoms with Crippen LogP contribution in [-0.4, -0.2) is 24.0 Å². The fraction of sp³-hybridized carbons (Fsp3) is 0.200. The average Bonchev–Trinajstić information content (AvgIpc) is 2.00. The maximum atomic E-state index is 10.2. The molecule has 0 unspecified atom stereocenters. The largest absolute Gasteiger partial charge is 0.350 e. The Morgan fingerprint density at radius 1 is 1.23 bits per heavy atom. The van der Waals surface area contributed by atoms with E-state index in [1.54, 1.807) is 6.92 Å². The summed E-state index contributed by atoms with van der Waals surface area (Å²) in [4.78, 5) is 20.3. The molecule has 8 heteroatoms. The predicted molar refractivity (Wildman–Crippen MR) is 47.0 cm³/mol. The number of nitrogens with two attached hydrogens (primary N) is 2. The number of primary amides is 2. The third kappa shape index (κ3) is 7.78. The Morgan fingerprint density at radius 2 is 1.77 bits per heavy atom. The zero-order valence-electron chi connectivity index (χ0n) is 6.94. The van der Waals surface area contributed by atoms with E-state index in [9.17, 15) is 9.59 Å². The minimum atomic E-state index is -0.785. The lowest BCUT2D eigenvalue weighted by Gasteiger charge is -1.93. The number of hydrazone groups is 2. The molecule has 8 nitrogen and oxygen atoms in total. The summed E-state index contributed by atoms with van der Waals surface area (Å²) in [5.41, 5.74) is 13.7. The molecule has 0 spiro atoms. The van der Waals surface area contributed by atoms with Crippen molar-refractivity contribution < 1.29 is 9.59 Å². The highest BCUT2D eigenvalue weighted by molar-refractivity contribution is 6.29. The van der Waals surface area contributed by atoms with Gasteiger partial charge in [-0.2, -0.15) is 10.2 Å². The van der Waals surface area contributed by atoms with Gasteiger partial charge in [0.2, 0.25) is 0 Å². The first-order chi connectivity index (χ1) is 6.02. The summed E-state index contributed by atoms with van der Waals surface area (Å²) in [5, 5.41) is 6.85. The van der Waals surface area contributed by atoms with E-state index in [0.29, 0.717) is 5.71 Å². The Kier molecular flexibility index (Phi) is 4.62. The van der Waals surface area contributed by atoms with Crippen LogP contribution in [0, 0.1) is 0 Å². The molecule has 0 bridgehead atoms. The third-order valence-electron chi connectivity index (χ3n) is 0.769. The van der Waals surface area contributed by atoms with Crippen LogP contribution in [0.5, 0.6) is 0 Å². The maximum absolute atomic E-state index is 10.2. The molecule has 0 aromatic carbocycles. The smallest absolute Gasteiger partial charge is 0.332 e. The summed E-state index contributed by atoms with van der Waals surface area (Å²) < 4.78 is 0. The normalized spacial score (nSPS) is 11.3. The molecular formula is C5H10N6O2. The van der Waals surface area contributed by atoms with E-state index in [4.69, 9.17) is 11.5 Å². The van der Waals surface area contributed by atoms with E-state index in [1.807, 2.05) is 10.9 Å². The highest BCUT2D eigenvalue weighted by Crippen LogP contribution is 1.69. The van der Waals surface area contributed by atoms with Crippen molar-refractivity contribution in [1.82, 2.24) is 10.9 Å². The number of carbonyl (C=O) groups is 2. The summed E-state index contributed by atoms with van der Waals surface area (Å²) >= 11 is 0. The lowest BCUT2D eigenvalue weighted by Crippen LogP contribution is -2.26. The molecule has 0 radical (unpaired) electrons. The first-order valence-electron chi connectivity index (χ1n) is 3.20. The molecule has 0 aliphatic carbocycles. The lowest BCUT2D eigenvalue weighted by molar-refractivity contribution is 0.248. The second-order valence-corrected chi connectivity index (χ2v) is 1.96. The van der Waals surface area contributed by atoms with Gasteiger partial charge in [0.05, 0.1) is 11.9 Å². The molecule has 13 heavy (non-hydrogen) atoms. The van der Waals surface area contributed by atoms with E-state index in [-0.39, 0.29) is 0 Å². The first-order valence-corrected chi connectivity index (χ1v) is 3.20. The summed E-state index contributed by atoms with van der Waals surface area (Å²) in [6.07, 6.45) is 1.20. The van der Waals surface area contributed by atoms with Crippen molar-refractivity contribution in [1.29, 1.82) is 0 Å². The predicted octanol–water partition coefficient (Wildman–Crippen LogP) is -1.32. The maximum Gasteiger partial charge on any atom is 0.332 e. The standard InChI is InChI=1S/C5H10N6O2/c1-3(9-11-5(7)13)2-8-10-4(6)12/h2H,1H3,(H3,6,10,12)(H3,7,11,13)/b8-2?,9-3-. The number of carbonyl (C=O) groups excluding carboxylic acids is 2. The van der Waals surface area contributed by atoms with Crippen molar-refractivity contribution in [3.63, 3.8) is 0 Å². The molecule has 0 aromatic heterocycles. The monoisotopic (exact) mass is 186 g/mol. The van der Waals surface area contributed by atoms with Gasteiger partial charge in [0, 0.05) is 0 Å². The van der Waals surface area contributed by atoms with E-state index < -0.39 is 12.1 Å². The van der Waals surface area contributed by atoms with E-state index in [1.165, 1.54) is 6.21 Å². The highest BCUT2D eigenvalue weighted by atomic mass is 16.2. The van der Waals surface area contributed by atoms with Crippen molar-refractivity contribution in [2.45, 2.75) is 6.92 Å². The Labute approximate surface area is 74.0 Å². The SMILES string of the molecule is C/C(C=NNC(N)=O)=N/NC(N)=O. The Balaban J connectivity index is 3.91. The van der Waals surface area contributed by atoms with Crippen LogP contribution in [0.4, 0.5) is 9.59 Å². The molecule has 0 saturated carbocycles. The number of hydrogen-bond donors (Lipinski definition) is 4. The van der Waals surface area contributed by atoms with Gasteiger partial charge >= 0.3 is 12.1 Å². The van der Waals surface area contributed by atoms with Gasteiger partial charge in [0.15, 0.2) is 0 Å². The van der Waals surface area contributed by atoms with Gasteiger partial charge < -0.3 is 11.5 Å². The molecule has 0 aliphatic heterocycles. The van der Waals surface area contributed by atoms with Gasteiger partial charge in [-0.15, -0.1) is 0 Å². The highest BCUT2D eigenvalue weighted by Gasteiger charge is 1.89. The minimum Gasteiger partial charge on any atom is -0.350 e. The lowest BCUT2D eigenvalue weighted by atomic mass is 10.5. The van der Waals surface area contributed by atoms with Crippen LogP contribution in [0.2, 0.25) is 0 Å². The van der Waals surface area contributed by atoms with Crippen molar-refractivity contribution in [2.24, 2.45) is 21.7 Å². The number of rotatable bonds is 3. The summed E-state index contributed by atoms with van der Waals surface area (Å²) in [6, 6.07) is -1.57. The Hall–Kier alpha value is -2.12. The average molecular weight is 186 g/mol. The number of amides is 4. The summed E-state index contributed by atoms with van der Waals surface area (Å²) in [7, 11) is 0. The van der Waals surface area contributed by atoms with Gasteiger partial charge in [-0.3, -0.25) is 0 Å². The molecule has 4 amide bonds. The molecule has 0 fully saturated rings. The molecule has 0 heterocycles. The van der Waals surface area contributed by atoms with Crippen LogP contribution in [0.25, 0.3) is 0 Å². The van der Waals surface area contributed by atoms with Gasteiger partial charge in [0.25, 0.3) is 0 Å². The van der Waals surface area contributed by atoms with Crippen LogP contribution in [0.3, 0.4) is 0 Å². The van der Waals surface area contributed by atoms with Crippen molar-refractivity contribution >= 4 is 24.0 Å². The Morgan fingerprint density at radius 3 is 2.23 bits per heavy atom. The zero-order valence-corrected chi connectivity index (χ0v) is 6.94. The van der Waals surface area contributed by atoms with Crippen molar-refractivity contribution in [3.05, 3.63) is 0 Å². The van der Waals surface area contributed by atoms with Gasteiger partial charge in [-0.25, -0.2) is 20.4 Å². The fourth-order valence-corrected chi connectivity index (χ4v) is 0.361. The van der Waals surface area contributed by atoms with E-state index in [0.717, 1.165) is 0 Å². The van der Waals surface area contributed by atoms with Gasteiger partial charge in [-0.05, 0) is 6.92 Å². The van der Waals surface area contributed by atoms with Crippen molar-refractivity contribution in [2.75, 3.05) is 0 Å². The second-order valence-electron chi connectivity index (χ2n) is 1.96. The van der Waals surface area contributed by atoms with E-state index in [2.05, 4.69) is 10.2 Å². The summed E-state index contributed by atoms with van der Waals surface area (Å²) in [6.45, 7) is 1.54. The molecule has 0 saturated heterocycles. The molecule has 0 rings (SSSR count).